The number of aryl methyl sites for hydroxylation is 1. The van der Waals surface area contributed by atoms with Gasteiger partial charge in [0.05, 0.1) is 5.56 Å². The molecule has 5 heteroatoms. The van der Waals surface area contributed by atoms with Crippen molar-refractivity contribution in [1.82, 2.24) is 4.90 Å². The fraction of sp³-hybridized carbons (Fsp3) is 0.417. The molecule has 1 fully saturated rings. The van der Waals surface area contributed by atoms with Crippen molar-refractivity contribution in [2.75, 3.05) is 13.1 Å². The molecule has 1 heterocycles. The first-order valence-corrected chi connectivity index (χ1v) is 10.1. The summed E-state index contributed by atoms with van der Waals surface area (Å²) in [6.07, 6.45) is 1.16. The fourth-order valence-corrected chi connectivity index (χ4v) is 3.45. The van der Waals surface area contributed by atoms with Crippen LogP contribution in [0, 0.1) is 12.8 Å². The summed E-state index contributed by atoms with van der Waals surface area (Å²) in [5.41, 5.74) is 0.998. The number of hydrogen-bond acceptors (Lipinski definition) is 4. The Labute approximate surface area is 172 Å². The molecule has 0 spiro atoms. The highest BCUT2D eigenvalue weighted by molar-refractivity contribution is 6.00. The van der Waals surface area contributed by atoms with Gasteiger partial charge in [0, 0.05) is 19.0 Å². The number of amides is 1. The molecule has 1 amide bonds. The van der Waals surface area contributed by atoms with Gasteiger partial charge in [-0.3, -0.25) is 4.79 Å². The molecule has 1 saturated heterocycles. The highest BCUT2D eigenvalue weighted by atomic mass is 16.6. The van der Waals surface area contributed by atoms with E-state index in [1.807, 2.05) is 70.2 Å². The molecule has 2 aromatic carbocycles. The van der Waals surface area contributed by atoms with E-state index in [1.165, 1.54) is 0 Å². The maximum absolute atomic E-state index is 13.3. The number of rotatable bonds is 4. The maximum Gasteiger partial charge on any atom is 0.410 e. The lowest BCUT2D eigenvalue weighted by Gasteiger charge is -2.33. The fourth-order valence-electron chi connectivity index (χ4n) is 3.45. The highest BCUT2D eigenvalue weighted by Crippen LogP contribution is 2.31. The minimum absolute atomic E-state index is 0.00226. The molecule has 0 N–H and O–H groups in total. The summed E-state index contributed by atoms with van der Waals surface area (Å²) in [5.74, 6) is 1.01. The first-order chi connectivity index (χ1) is 13.7. The number of nitrogens with zero attached hydrogens (tertiary/aromatic N) is 1. The molecule has 1 aliphatic rings. The van der Waals surface area contributed by atoms with Crippen LogP contribution in [0.15, 0.2) is 48.5 Å². The molecule has 0 saturated carbocycles. The van der Waals surface area contributed by atoms with Crippen LogP contribution in [0.25, 0.3) is 0 Å². The number of para-hydroxylation sites is 2. The Bertz CT molecular complexity index is 884. The average molecular weight is 395 g/mol. The molecular weight excluding hydrogens is 366 g/mol. The molecule has 29 heavy (non-hydrogen) atoms. The molecule has 1 aliphatic heterocycles. The molecule has 0 aliphatic carbocycles. The minimum Gasteiger partial charge on any atom is -0.456 e. The molecule has 154 valence electrons. The molecule has 1 atom stereocenters. The van der Waals surface area contributed by atoms with Crippen LogP contribution in [0.2, 0.25) is 0 Å². The summed E-state index contributed by atoms with van der Waals surface area (Å²) in [5, 5.41) is 0. The second kappa shape index (κ2) is 8.68. The molecule has 0 radical (unpaired) electrons. The first-order valence-electron chi connectivity index (χ1n) is 10.1. The van der Waals surface area contributed by atoms with Crippen molar-refractivity contribution in [2.45, 2.75) is 46.1 Å². The van der Waals surface area contributed by atoms with Crippen molar-refractivity contribution in [3.63, 3.8) is 0 Å². The van der Waals surface area contributed by atoms with Crippen LogP contribution >= 0.6 is 0 Å². The standard InChI is InChI=1S/C24H29NO4/c1-17-10-5-7-13-20(17)28-21-14-8-6-12-19(21)22(26)18-11-9-15-25(16-18)23(27)29-24(2,3)4/h5-8,10,12-14,18H,9,11,15-16H2,1-4H3. The van der Waals surface area contributed by atoms with E-state index < -0.39 is 5.60 Å². The van der Waals surface area contributed by atoms with Crippen LogP contribution in [0.5, 0.6) is 11.5 Å². The lowest BCUT2D eigenvalue weighted by atomic mass is 9.89. The lowest BCUT2D eigenvalue weighted by Crippen LogP contribution is -2.44. The number of benzene rings is 2. The van der Waals surface area contributed by atoms with Gasteiger partial charge in [0.2, 0.25) is 0 Å². The maximum atomic E-state index is 13.3. The summed E-state index contributed by atoms with van der Waals surface area (Å²) in [6, 6.07) is 15.0. The Kier molecular flexibility index (Phi) is 6.26. The van der Waals surface area contributed by atoms with Gasteiger partial charge in [-0.15, -0.1) is 0 Å². The van der Waals surface area contributed by atoms with Crippen molar-refractivity contribution in [1.29, 1.82) is 0 Å². The summed E-state index contributed by atoms with van der Waals surface area (Å²) in [6.45, 7) is 8.48. The minimum atomic E-state index is -0.554. The van der Waals surface area contributed by atoms with E-state index in [4.69, 9.17) is 9.47 Å². The SMILES string of the molecule is Cc1ccccc1Oc1ccccc1C(=O)C1CCCN(C(=O)OC(C)(C)C)C1. The third-order valence-electron chi connectivity index (χ3n) is 4.91. The van der Waals surface area contributed by atoms with E-state index in [9.17, 15) is 9.59 Å². The zero-order chi connectivity index (χ0) is 21.0. The zero-order valence-electron chi connectivity index (χ0n) is 17.6. The third kappa shape index (κ3) is 5.37. The molecule has 2 aromatic rings. The number of hydrogen-bond donors (Lipinski definition) is 0. The van der Waals surface area contributed by atoms with Gasteiger partial charge in [-0.05, 0) is 64.3 Å². The van der Waals surface area contributed by atoms with E-state index in [2.05, 4.69) is 0 Å². The Balaban J connectivity index is 1.76. The Hall–Kier alpha value is -2.82. The van der Waals surface area contributed by atoms with Gasteiger partial charge < -0.3 is 14.4 Å². The van der Waals surface area contributed by atoms with Crippen LogP contribution in [0.3, 0.4) is 0 Å². The second-order valence-electron chi connectivity index (χ2n) is 8.49. The Morgan fingerprint density at radius 3 is 2.34 bits per heavy atom. The molecule has 0 aromatic heterocycles. The van der Waals surface area contributed by atoms with Crippen molar-refractivity contribution in [2.24, 2.45) is 5.92 Å². The van der Waals surface area contributed by atoms with Crippen LogP contribution < -0.4 is 4.74 Å². The number of Topliss-reactive ketones (excluding diaryl/α,β-unsaturated/α-hetero) is 1. The molecule has 3 rings (SSSR count). The van der Waals surface area contributed by atoms with E-state index >= 15 is 0 Å². The molecule has 0 bridgehead atoms. The van der Waals surface area contributed by atoms with Crippen LogP contribution in [0.4, 0.5) is 4.79 Å². The number of ether oxygens (including phenoxy) is 2. The largest absolute Gasteiger partial charge is 0.456 e. The monoisotopic (exact) mass is 395 g/mol. The van der Waals surface area contributed by atoms with Gasteiger partial charge in [0.1, 0.15) is 17.1 Å². The lowest BCUT2D eigenvalue weighted by molar-refractivity contribution is 0.0172. The normalized spacial score (nSPS) is 17.0. The number of carbonyl (C=O) groups excluding carboxylic acids is 2. The zero-order valence-corrected chi connectivity index (χ0v) is 17.6. The van der Waals surface area contributed by atoms with Gasteiger partial charge in [0.15, 0.2) is 5.78 Å². The Morgan fingerprint density at radius 1 is 1.00 bits per heavy atom. The van der Waals surface area contributed by atoms with Crippen molar-refractivity contribution >= 4 is 11.9 Å². The van der Waals surface area contributed by atoms with Gasteiger partial charge in [0.25, 0.3) is 0 Å². The summed E-state index contributed by atoms with van der Waals surface area (Å²) in [7, 11) is 0. The van der Waals surface area contributed by atoms with Crippen molar-refractivity contribution in [3.05, 3.63) is 59.7 Å². The first kappa shape index (κ1) is 20.9. The average Bonchev–Trinajstić information content (AvgIpc) is 2.68. The van der Waals surface area contributed by atoms with Crippen molar-refractivity contribution in [3.8, 4) is 11.5 Å². The second-order valence-corrected chi connectivity index (χ2v) is 8.49. The van der Waals surface area contributed by atoms with Crippen LogP contribution in [-0.2, 0) is 4.74 Å². The van der Waals surface area contributed by atoms with Crippen LogP contribution in [-0.4, -0.2) is 35.5 Å². The number of carbonyl (C=O) groups is 2. The van der Waals surface area contributed by atoms with Crippen molar-refractivity contribution < 1.29 is 19.1 Å². The highest BCUT2D eigenvalue weighted by Gasteiger charge is 2.32. The van der Waals surface area contributed by atoms with E-state index in [-0.39, 0.29) is 17.8 Å². The number of likely N-dealkylation sites (tertiary alicyclic amines) is 1. The predicted molar refractivity (Wildman–Crippen MR) is 113 cm³/mol. The Morgan fingerprint density at radius 2 is 1.66 bits per heavy atom. The third-order valence-corrected chi connectivity index (χ3v) is 4.91. The topological polar surface area (TPSA) is 55.8 Å². The van der Waals surface area contributed by atoms with Gasteiger partial charge in [-0.25, -0.2) is 4.79 Å². The summed E-state index contributed by atoms with van der Waals surface area (Å²) in [4.78, 5) is 27.4. The van der Waals surface area contributed by atoms with E-state index in [1.54, 1.807) is 11.0 Å². The molecule has 1 unspecified atom stereocenters. The summed E-state index contributed by atoms with van der Waals surface area (Å²) >= 11 is 0. The smallest absolute Gasteiger partial charge is 0.410 e. The van der Waals surface area contributed by atoms with Gasteiger partial charge in [-0.1, -0.05) is 30.3 Å². The van der Waals surface area contributed by atoms with Gasteiger partial charge >= 0.3 is 6.09 Å². The number of ketones is 1. The van der Waals surface area contributed by atoms with E-state index in [0.717, 1.165) is 24.2 Å². The molecular formula is C24H29NO4. The van der Waals surface area contributed by atoms with Gasteiger partial charge in [-0.2, -0.15) is 0 Å². The van der Waals surface area contributed by atoms with E-state index in [0.29, 0.717) is 24.4 Å². The molecule has 5 nitrogen and oxygen atoms in total. The van der Waals surface area contributed by atoms with Crippen LogP contribution in [0.1, 0.15) is 49.5 Å². The quantitative estimate of drug-likeness (QED) is 0.631. The summed E-state index contributed by atoms with van der Waals surface area (Å²) < 4.78 is 11.5. The number of piperidine rings is 1. The predicted octanol–water partition coefficient (Wildman–Crippen LogP) is 5.62.